The van der Waals surface area contributed by atoms with Gasteiger partial charge in [0.25, 0.3) is 0 Å². The van der Waals surface area contributed by atoms with Crippen LogP contribution in [0.4, 0.5) is 5.82 Å². The van der Waals surface area contributed by atoms with Crippen LogP contribution in [0.15, 0.2) is 6.07 Å². The number of anilines is 1. The Morgan fingerprint density at radius 3 is 3.08 bits per heavy atom. The van der Waals surface area contributed by atoms with Gasteiger partial charge in [-0.15, -0.1) is 6.42 Å². The lowest BCUT2D eigenvalue weighted by Gasteiger charge is -2.03. The van der Waals surface area contributed by atoms with Crippen molar-refractivity contribution in [1.29, 1.82) is 0 Å². The minimum Gasteiger partial charge on any atom is -0.262 e. The van der Waals surface area contributed by atoms with Crippen LogP contribution in [-0.4, -0.2) is 16.6 Å². The highest BCUT2D eigenvalue weighted by Crippen LogP contribution is 2.10. The Kier molecular flexibility index (Phi) is 3.50. The normalized spacial score (nSPS) is 9.31. The largest absolute Gasteiger partial charge is 0.262 e. The second kappa shape index (κ2) is 4.65. The van der Waals surface area contributed by atoms with E-state index in [-0.39, 0.29) is 6.61 Å². The predicted molar refractivity (Wildman–Crippen MR) is 50.2 cm³/mol. The smallest absolute Gasteiger partial charge is 0.154 e. The maximum absolute atomic E-state index is 5.68. The molecule has 1 N–H and O–H groups in total. The van der Waals surface area contributed by atoms with Gasteiger partial charge in [0.15, 0.2) is 5.82 Å². The quantitative estimate of drug-likeness (QED) is 0.345. The highest BCUT2D eigenvalue weighted by atomic mass is 35.5. The lowest BCUT2D eigenvalue weighted by Crippen LogP contribution is -2.04. The topological polar surface area (TPSA) is 47.0 Å². The Bertz CT molecular complexity index is 314. The van der Waals surface area contributed by atoms with Gasteiger partial charge < -0.3 is 0 Å². The van der Waals surface area contributed by atoms with E-state index in [1.807, 2.05) is 0 Å². The first-order valence-corrected chi connectivity index (χ1v) is 3.92. The average molecular weight is 198 g/mol. The standard InChI is InChI=1S/C8H8ClN3O/c1-3-4-13-12-8-5-7(9)10-6(2)11-8/h1,5H,4H2,2H3,(H,10,11,12). The van der Waals surface area contributed by atoms with Gasteiger partial charge in [0.05, 0.1) is 0 Å². The van der Waals surface area contributed by atoms with Crippen LogP contribution in [0.3, 0.4) is 0 Å². The van der Waals surface area contributed by atoms with Crippen molar-refractivity contribution in [1.82, 2.24) is 9.97 Å². The molecule has 0 bridgehead atoms. The fraction of sp³-hybridized carbons (Fsp3) is 0.250. The number of nitrogens with one attached hydrogen (secondary N) is 1. The molecule has 0 aliphatic heterocycles. The zero-order valence-corrected chi connectivity index (χ0v) is 7.80. The van der Waals surface area contributed by atoms with Crippen LogP contribution < -0.4 is 5.48 Å². The van der Waals surface area contributed by atoms with Gasteiger partial charge in [-0.1, -0.05) is 17.5 Å². The first kappa shape index (κ1) is 9.78. The van der Waals surface area contributed by atoms with Gasteiger partial charge in [0.1, 0.15) is 17.6 Å². The highest BCUT2D eigenvalue weighted by Gasteiger charge is 1.98. The molecule has 1 heterocycles. The molecule has 0 aromatic carbocycles. The van der Waals surface area contributed by atoms with Crippen LogP contribution in [0.2, 0.25) is 5.15 Å². The summed E-state index contributed by atoms with van der Waals surface area (Å²) in [4.78, 5) is 12.7. The van der Waals surface area contributed by atoms with Crippen molar-refractivity contribution in [2.75, 3.05) is 12.1 Å². The van der Waals surface area contributed by atoms with Crippen LogP contribution in [0.5, 0.6) is 0 Å². The molecule has 1 aromatic rings. The molecule has 0 saturated heterocycles. The number of nitrogens with zero attached hydrogens (tertiary/aromatic N) is 2. The number of rotatable bonds is 3. The Morgan fingerprint density at radius 1 is 1.69 bits per heavy atom. The van der Waals surface area contributed by atoms with Crippen molar-refractivity contribution in [2.24, 2.45) is 0 Å². The molecule has 0 radical (unpaired) electrons. The summed E-state index contributed by atoms with van der Waals surface area (Å²) in [6, 6.07) is 1.55. The van der Waals surface area contributed by atoms with E-state index in [4.69, 9.17) is 22.9 Å². The molecule has 0 fully saturated rings. The van der Waals surface area contributed by atoms with Gasteiger partial charge >= 0.3 is 0 Å². The lowest BCUT2D eigenvalue weighted by molar-refractivity contribution is 0.232. The maximum atomic E-state index is 5.68. The summed E-state index contributed by atoms with van der Waals surface area (Å²) in [5.74, 6) is 3.37. The van der Waals surface area contributed by atoms with Crippen molar-refractivity contribution >= 4 is 17.4 Å². The third kappa shape index (κ3) is 3.28. The van der Waals surface area contributed by atoms with Gasteiger partial charge in [0.2, 0.25) is 0 Å². The highest BCUT2D eigenvalue weighted by molar-refractivity contribution is 6.29. The van der Waals surface area contributed by atoms with Crippen LogP contribution >= 0.6 is 11.6 Å². The molecule has 13 heavy (non-hydrogen) atoms. The number of aryl methyl sites for hydroxylation is 1. The average Bonchev–Trinajstić information content (AvgIpc) is 2.03. The molecule has 68 valence electrons. The summed E-state index contributed by atoms with van der Waals surface area (Å²) in [6.07, 6.45) is 4.98. The van der Waals surface area contributed by atoms with Crippen LogP contribution in [0, 0.1) is 19.3 Å². The van der Waals surface area contributed by atoms with Crippen molar-refractivity contribution in [2.45, 2.75) is 6.92 Å². The summed E-state index contributed by atoms with van der Waals surface area (Å²) >= 11 is 5.68. The first-order valence-electron chi connectivity index (χ1n) is 3.55. The molecule has 4 nitrogen and oxygen atoms in total. The zero-order chi connectivity index (χ0) is 9.68. The third-order valence-electron chi connectivity index (χ3n) is 1.14. The van der Waals surface area contributed by atoms with Crippen LogP contribution in [-0.2, 0) is 4.84 Å². The maximum Gasteiger partial charge on any atom is 0.154 e. The van der Waals surface area contributed by atoms with Crippen molar-refractivity contribution in [3.05, 3.63) is 17.0 Å². The molecule has 0 atom stereocenters. The fourth-order valence-electron chi connectivity index (χ4n) is 0.735. The molecular formula is C8H8ClN3O. The molecule has 0 spiro atoms. The Balaban J connectivity index is 2.62. The van der Waals surface area contributed by atoms with Crippen molar-refractivity contribution < 1.29 is 4.84 Å². The summed E-state index contributed by atoms with van der Waals surface area (Å²) in [5, 5.41) is 0.360. The molecule has 1 aromatic heterocycles. The fourth-order valence-corrected chi connectivity index (χ4v) is 0.961. The Morgan fingerprint density at radius 2 is 2.46 bits per heavy atom. The second-order valence-electron chi connectivity index (χ2n) is 2.22. The van der Waals surface area contributed by atoms with Crippen LogP contribution in [0.25, 0.3) is 0 Å². The SMILES string of the molecule is C#CCONc1cc(Cl)nc(C)n1. The molecular weight excluding hydrogens is 190 g/mol. The van der Waals surface area contributed by atoms with Gasteiger partial charge in [-0.05, 0) is 6.92 Å². The van der Waals surface area contributed by atoms with Crippen molar-refractivity contribution in [3.63, 3.8) is 0 Å². The molecule has 5 heteroatoms. The Hall–Kier alpha value is -1.31. The van der Waals surface area contributed by atoms with Crippen molar-refractivity contribution in [3.8, 4) is 12.3 Å². The van der Waals surface area contributed by atoms with Gasteiger partial charge in [-0.25, -0.2) is 15.4 Å². The van der Waals surface area contributed by atoms with E-state index in [1.165, 1.54) is 0 Å². The number of aromatic nitrogens is 2. The molecule has 0 aliphatic carbocycles. The number of terminal acetylenes is 1. The van der Waals surface area contributed by atoms with E-state index in [2.05, 4.69) is 21.4 Å². The Labute approximate surface area is 81.3 Å². The summed E-state index contributed by atoms with van der Waals surface area (Å²) in [6.45, 7) is 1.90. The molecule has 0 amide bonds. The van der Waals surface area contributed by atoms with E-state index in [1.54, 1.807) is 13.0 Å². The summed E-state index contributed by atoms with van der Waals surface area (Å²) < 4.78 is 0. The summed E-state index contributed by atoms with van der Waals surface area (Å²) in [7, 11) is 0. The monoisotopic (exact) mass is 197 g/mol. The van der Waals surface area contributed by atoms with E-state index >= 15 is 0 Å². The zero-order valence-electron chi connectivity index (χ0n) is 7.04. The molecule has 0 unspecified atom stereocenters. The minimum absolute atomic E-state index is 0.167. The van der Waals surface area contributed by atoms with E-state index < -0.39 is 0 Å². The third-order valence-corrected chi connectivity index (χ3v) is 1.33. The van der Waals surface area contributed by atoms with Gasteiger partial charge in [-0.2, -0.15) is 0 Å². The van der Waals surface area contributed by atoms with Gasteiger partial charge in [0, 0.05) is 6.07 Å². The van der Waals surface area contributed by atoms with Gasteiger partial charge in [-0.3, -0.25) is 4.84 Å². The van der Waals surface area contributed by atoms with E-state index in [0.717, 1.165) is 0 Å². The summed E-state index contributed by atoms with van der Waals surface area (Å²) in [5.41, 5.74) is 2.55. The number of hydrogen-bond acceptors (Lipinski definition) is 4. The van der Waals surface area contributed by atoms with E-state index in [0.29, 0.717) is 16.8 Å². The molecule has 1 rings (SSSR count). The molecule has 0 saturated carbocycles. The first-order chi connectivity index (χ1) is 6.22. The second-order valence-corrected chi connectivity index (χ2v) is 2.61. The lowest BCUT2D eigenvalue weighted by atomic mass is 10.5. The molecule has 0 aliphatic rings. The van der Waals surface area contributed by atoms with E-state index in [9.17, 15) is 0 Å². The number of hydrogen-bond donors (Lipinski definition) is 1. The predicted octanol–water partition coefficient (Wildman–Crippen LogP) is 1.42. The minimum atomic E-state index is 0.167. The van der Waals surface area contributed by atoms with Crippen LogP contribution in [0.1, 0.15) is 5.82 Å². The number of halogens is 1.